The van der Waals surface area contributed by atoms with Gasteiger partial charge in [0, 0.05) is 17.1 Å². The topological polar surface area (TPSA) is 137 Å². The number of amides is 2. The third kappa shape index (κ3) is 4.01. The Morgan fingerprint density at radius 2 is 1.72 bits per heavy atom. The van der Waals surface area contributed by atoms with E-state index in [0.717, 1.165) is 6.07 Å². The van der Waals surface area contributed by atoms with Gasteiger partial charge < -0.3 is 10.2 Å². The van der Waals surface area contributed by atoms with Gasteiger partial charge in [0.2, 0.25) is 0 Å². The van der Waals surface area contributed by atoms with Crippen molar-refractivity contribution >= 4 is 41.2 Å². The van der Waals surface area contributed by atoms with Crippen LogP contribution >= 0.6 is 11.6 Å². The van der Waals surface area contributed by atoms with Crippen LogP contribution in [0.2, 0.25) is 5.15 Å². The van der Waals surface area contributed by atoms with Crippen molar-refractivity contribution in [2.24, 2.45) is 11.3 Å². The molecule has 2 amide bonds. The van der Waals surface area contributed by atoms with Crippen molar-refractivity contribution in [3.05, 3.63) is 34.0 Å². The minimum atomic E-state index is -4.77. The SMILES string of the molecule is CCC(C1=C(C)C(=O)N(Nc2ccc(C(F)(F)F)c(Cl)n2)C1=O)C(CC)(C(=O)O)C(=O)O. The second kappa shape index (κ2) is 8.77. The monoisotopic (exact) mass is 477 g/mol. The fourth-order valence-electron chi connectivity index (χ4n) is 3.73. The molecule has 0 saturated heterocycles. The Morgan fingerprint density at radius 1 is 1.16 bits per heavy atom. The number of hydrazine groups is 1. The highest BCUT2D eigenvalue weighted by Gasteiger charge is 2.56. The van der Waals surface area contributed by atoms with Crippen molar-refractivity contribution in [1.82, 2.24) is 9.99 Å². The molecule has 9 nitrogen and oxygen atoms in total. The molecule has 3 N–H and O–H groups in total. The summed E-state index contributed by atoms with van der Waals surface area (Å²) in [4.78, 5) is 53.0. The molecule has 1 aliphatic heterocycles. The number of halogens is 4. The van der Waals surface area contributed by atoms with Crippen molar-refractivity contribution in [3.63, 3.8) is 0 Å². The van der Waals surface area contributed by atoms with Crippen molar-refractivity contribution < 1.29 is 42.6 Å². The standard InChI is InChI=1S/C19H19ClF3N3O6/c1-4-9(18(5-2,16(29)30)17(31)32)12-8(3)14(27)26(15(12)28)25-11-7-6-10(13(20)24-11)19(21,22)23/h6-7,9H,4-5H2,1-3H3,(H,24,25)(H,29,30)(H,31,32). The van der Waals surface area contributed by atoms with Crippen LogP contribution in [0.15, 0.2) is 23.3 Å². The molecular weight excluding hydrogens is 459 g/mol. The van der Waals surface area contributed by atoms with E-state index in [1.54, 1.807) is 0 Å². The van der Waals surface area contributed by atoms with Gasteiger partial charge in [-0.25, -0.2) is 4.98 Å². The van der Waals surface area contributed by atoms with Crippen molar-refractivity contribution in [2.45, 2.75) is 39.8 Å². The number of carboxylic acids is 2. The zero-order valence-electron chi connectivity index (χ0n) is 17.1. The van der Waals surface area contributed by atoms with Gasteiger partial charge in [0.15, 0.2) is 5.41 Å². The normalized spacial score (nSPS) is 15.9. The number of pyridine rings is 1. The van der Waals surface area contributed by atoms with Crippen LogP contribution in [0.25, 0.3) is 0 Å². The number of aliphatic carboxylic acids is 2. The van der Waals surface area contributed by atoms with Crippen LogP contribution in [0.1, 0.15) is 39.2 Å². The van der Waals surface area contributed by atoms with Gasteiger partial charge in [-0.15, -0.1) is 0 Å². The van der Waals surface area contributed by atoms with Gasteiger partial charge in [0.25, 0.3) is 11.8 Å². The van der Waals surface area contributed by atoms with Crippen LogP contribution in [0.4, 0.5) is 19.0 Å². The summed E-state index contributed by atoms with van der Waals surface area (Å²) in [5.41, 5.74) is -1.83. The summed E-state index contributed by atoms with van der Waals surface area (Å²) in [5.74, 6) is -7.00. The molecule has 0 radical (unpaired) electrons. The summed E-state index contributed by atoms with van der Waals surface area (Å²) in [5, 5.41) is 18.9. The second-order valence-electron chi connectivity index (χ2n) is 7.02. The van der Waals surface area contributed by atoms with Gasteiger partial charge in [-0.2, -0.15) is 18.2 Å². The number of hydrogen-bond donors (Lipinski definition) is 3. The maximum atomic E-state index is 13.0. The number of nitrogens with zero attached hydrogens (tertiary/aromatic N) is 2. The predicted molar refractivity (Wildman–Crippen MR) is 104 cm³/mol. The number of hydrogen-bond acceptors (Lipinski definition) is 6. The summed E-state index contributed by atoms with van der Waals surface area (Å²) in [7, 11) is 0. The van der Waals surface area contributed by atoms with Gasteiger partial charge in [0.1, 0.15) is 11.0 Å². The number of aromatic nitrogens is 1. The Labute approximate surface area is 184 Å². The van der Waals surface area contributed by atoms with Crippen LogP contribution in [0.5, 0.6) is 0 Å². The molecule has 0 fully saturated rings. The average molecular weight is 478 g/mol. The molecule has 1 aliphatic rings. The lowest BCUT2D eigenvalue weighted by Gasteiger charge is -2.32. The molecule has 0 spiro atoms. The molecule has 0 aliphatic carbocycles. The Kier molecular flexibility index (Phi) is 6.88. The van der Waals surface area contributed by atoms with Crippen molar-refractivity contribution in [2.75, 3.05) is 5.43 Å². The molecule has 2 rings (SSSR count). The van der Waals surface area contributed by atoms with Crippen molar-refractivity contribution in [3.8, 4) is 0 Å². The number of carbonyl (C=O) groups is 4. The first-order chi connectivity index (χ1) is 14.7. The van der Waals surface area contributed by atoms with E-state index in [-0.39, 0.29) is 29.8 Å². The van der Waals surface area contributed by atoms with Gasteiger partial charge in [0.05, 0.1) is 5.56 Å². The largest absolute Gasteiger partial charge is 0.480 e. The maximum absolute atomic E-state index is 13.0. The highest BCUT2D eigenvalue weighted by molar-refractivity contribution is 6.30. The van der Waals surface area contributed by atoms with Crippen LogP contribution in [0.3, 0.4) is 0 Å². The van der Waals surface area contributed by atoms with E-state index >= 15 is 0 Å². The summed E-state index contributed by atoms with van der Waals surface area (Å²) < 4.78 is 38.5. The number of imide groups is 1. The molecule has 0 saturated carbocycles. The van der Waals surface area contributed by atoms with Crippen molar-refractivity contribution in [1.29, 1.82) is 0 Å². The Balaban J connectivity index is 2.46. The van der Waals surface area contributed by atoms with Gasteiger partial charge in [-0.1, -0.05) is 25.4 Å². The Hall–Kier alpha value is -3.15. The zero-order valence-corrected chi connectivity index (χ0v) is 17.8. The van der Waals surface area contributed by atoms with Crippen LogP contribution in [-0.4, -0.2) is 44.0 Å². The first-order valence-electron chi connectivity index (χ1n) is 9.30. The third-order valence-corrected chi connectivity index (χ3v) is 5.70. The molecule has 1 atom stereocenters. The maximum Gasteiger partial charge on any atom is 0.419 e. The van der Waals surface area contributed by atoms with E-state index in [2.05, 4.69) is 10.4 Å². The van der Waals surface area contributed by atoms with E-state index in [9.17, 15) is 42.6 Å². The number of alkyl halides is 3. The molecule has 1 aromatic heterocycles. The zero-order chi connectivity index (χ0) is 24.6. The van der Waals surface area contributed by atoms with Gasteiger partial charge in [-0.3, -0.25) is 24.6 Å². The molecule has 174 valence electrons. The quantitative estimate of drug-likeness (QED) is 0.294. The molecular formula is C19H19ClF3N3O6. The van der Waals surface area contributed by atoms with Crippen LogP contribution in [-0.2, 0) is 25.4 Å². The van der Waals surface area contributed by atoms with Gasteiger partial charge >= 0.3 is 18.1 Å². The number of carbonyl (C=O) groups excluding carboxylic acids is 2. The number of nitrogens with one attached hydrogen (secondary N) is 1. The third-order valence-electron chi connectivity index (χ3n) is 5.41. The smallest absolute Gasteiger partial charge is 0.419 e. The minimum Gasteiger partial charge on any atom is -0.480 e. The molecule has 1 unspecified atom stereocenters. The molecule has 0 bridgehead atoms. The fourth-order valence-corrected chi connectivity index (χ4v) is 3.99. The van der Waals surface area contributed by atoms with Crippen LogP contribution in [0, 0.1) is 11.3 Å². The highest BCUT2D eigenvalue weighted by atomic mass is 35.5. The summed E-state index contributed by atoms with van der Waals surface area (Å²) in [6, 6.07) is 1.46. The lowest BCUT2D eigenvalue weighted by Crippen LogP contribution is -2.47. The number of rotatable bonds is 8. The second-order valence-corrected chi connectivity index (χ2v) is 7.38. The number of carboxylic acid groups (broad SMARTS) is 2. The molecule has 2 heterocycles. The lowest BCUT2D eigenvalue weighted by molar-refractivity contribution is -0.168. The van der Waals surface area contributed by atoms with E-state index in [1.807, 2.05) is 0 Å². The first-order valence-corrected chi connectivity index (χ1v) is 9.68. The van der Waals surface area contributed by atoms with E-state index < -0.39 is 52.0 Å². The minimum absolute atomic E-state index is 0.0870. The summed E-state index contributed by atoms with van der Waals surface area (Å²) in [6.45, 7) is 4.05. The molecule has 1 aromatic rings. The Morgan fingerprint density at radius 3 is 2.12 bits per heavy atom. The average Bonchev–Trinajstić information content (AvgIpc) is 2.88. The van der Waals surface area contributed by atoms with E-state index in [4.69, 9.17) is 11.6 Å². The van der Waals surface area contributed by atoms with Crippen LogP contribution < -0.4 is 5.43 Å². The van der Waals surface area contributed by atoms with Gasteiger partial charge in [-0.05, 0) is 31.9 Å². The molecule has 32 heavy (non-hydrogen) atoms. The summed E-state index contributed by atoms with van der Waals surface area (Å²) in [6.07, 6.45) is -5.22. The first kappa shape index (κ1) is 25.1. The number of anilines is 1. The van der Waals surface area contributed by atoms with E-state index in [1.165, 1.54) is 20.8 Å². The molecule has 0 aromatic carbocycles. The van der Waals surface area contributed by atoms with E-state index in [0.29, 0.717) is 11.1 Å². The summed E-state index contributed by atoms with van der Waals surface area (Å²) >= 11 is 5.55. The lowest BCUT2D eigenvalue weighted by atomic mass is 9.68. The highest BCUT2D eigenvalue weighted by Crippen LogP contribution is 2.43. The Bertz CT molecular complexity index is 1010. The fraction of sp³-hybridized carbons (Fsp3) is 0.421. The predicted octanol–water partition coefficient (Wildman–Crippen LogP) is 3.36. The molecule has 13 heteroatoms.